The predicted octanol–water partition coefficient (Wildman–Crippen LogP) is 3.83. The fraction of sp³-hybridized carbons (Fsp3) is 0.333. The first kappa shape index (κ1) is 24.8. The standard InChI is InChI=1S/C24H25F2N5O3S2/c1-16-22(36(33,34)29-13-9-27-10-14-29)35-23(28-16)31-12-2-11-30(24(31)32)19-6-3-17(4-7-19)20-15-18(25)5-8-21(20)26/h3-8,15,27H,2,9-14H2,1H3. The Hall–Kier alpha value is -2.93. The molecule has 3 heterocycles. The van der Waals surface area contributed by atoms with E-state index in [1.54, 1.807) is 36.1 Å². The van der Waals surface area contributed by atoms with Gasteiger partial charge in [0.05, 0.1) is 5.69 Å². The van der Waals surface area contributed by atoms with Gasteiger partial charge in [0.1, 0.15) is 11.6 Å². The van der Waals surface area contributed by atoms with Gasteiger partial charge >= 0.3 is 6.03 Å². The number of carbonyl (C=O) groups is 1. The molecule has 0 bridgehead atoms. The number of piperazine rings is 1. The van der Waals surface area contributed by atoms with Gasteiger partial charge in [-0.05, 0) is 49.2 Å². The summed E-state index contributed by atoms with van der Waals surface area (Å²) >= 11 is 1.01. The highest BCUT2D eigenvalue weighted by molar-refractivity contribution is 7.91. The first-order valence-electron chi connectivity index (χ1n) is 11.6. The van der Waals surface area contributed by atoms with Gasteiger partial charge in [-0.15, -0.1) is 0 Å². The van der Waals surface area contributed by atoms with Crippen LogP contribution in [0.2, 0.25) is 0 Å². The summed E-state index contributed by atoms with van der Waals surface area (Å²) in [7, 11) is -3.69. The van der Waals surface area contributed by atoms with E-state index >= 15 is 0 Å². The molecule has 0 radical (unpaired) electrons. The lowest BCUT2D eigenvalue weighted by Gasteiger charge is -2.34. The zero-order valence-corrected chi connectivity index (χ0v) is 21.2. The molecule has 1 N–H and O–H groups in total. The fourth-order valence-corrected chi connectivity index (χ4v) is 7.51. The van der Waals surface area contributed by atoms with Crippen molar-refractivity contribution < 1.29 is 22.0 Å². The van der Waals surface area contributed by atoms with Crippen LogP contribution in [0.3, 0.4) is 0 Å². The van der Waals surface area contributed by atoms with Gasteiger partial charge in [-0.1, -0.05) is 23.5 Å². The summed E-state index contributed by atoms with van der Waals surface area (Å²) in [6.45, 7) is 4.50. The van der Waals surface area contributed by atoms with Crippen molar-refractivity contribution >= 4 is 38.2 Å². The Bertz CT molecular complexity index is 1390. The Balaban J connectivity index is 1.38. The highest BCUT2D eigenvalue weighted by atomic mass is 32.2. The van der Waals surface area contributed by atoms with E-state index in [-0.39, 0.29) is 15.8 Å². The molecule has 2 saturated heterocycles. The number of benzene rings is 2. The largest absolute Gasteiger partial charge is 0.330 e. The quantitative estimate of drug-likeness (QED) is 0.539. The van der Waals surface area contributed by atoms with Crippen molar-refractivity contribution in [1.29, 1.82) is 0 Å². The summed E-state index contributed by atoms with van der Waals surface area (Å²) in [4.78, 5) is 20.9. The predicted molar refractivity (Wildman–Crippen MR) is 135 cm³/mol. The molecule has 36 heavy (non-hydrogen) atoms. The molecule has 0 aliphatic carbocycles. The summed E-state index contributed by atoms with van der Waals surface area (Å²) in [5, 5.41) is 3.48. The molecule has 2 aliphatic heterocycles. The maximum atomic E-state index is 14.2. The Morgan fingerprint density at radius 3 is 2.39 bits per heavy atom. The van der Waals surface area contributed by atoms with Crippen molar-refractivity contribution in [1.82, 2.24) is 14.6 Å². The molecular weight excluding hydrogens is 508 g/mol. The second-order valence-corrected chi connectivity index (χ2v) is 11.7. The van der Waals surface area contributed by atoms with E-state index in [1.165, 1.54) is 9.21 Å². The molecule has 1 aromatic heterocycles. The van der Waals surface area contributed by atoms with Crippen molar-refractivity contribution in [3.63, 3.8) is 0 Å². The Morgan fingerprint density at radius 2 is 1.67 bits per heavy atom. The number of hydrogen-bond acceptors (Lipinski definition) is 6. The van der Waals surface area contributed by atoms with Gasteiger partial charge in [0, 0.05) is 50.5 Å². The Kier molecular flexibility index (Phi) is 6.77. The molecule has 2 amide bonds. The molecule has 2 fully saturated rings. The summed E-state index contributed by atoms with van der Waals surface area (Å²) < 4.78 is 55.7. The monoisotopic (exact) mass is 533 g/mol. The van der Waals surface area contributed by atoms with Gasteiger partial charge < -0.3 is 5.32 Å². The van der Waals surface area contributed by atoms with E-state index in [0.717, 1.165) is 29.5 Å². The minimum absolute atomic E-state index is 0.143. The molecule has 0 saturated carbocycles. The van der Waals surface area contributed by atoms with Crippen molar-refractivity contribution in [2.45, 2.75) is 17.6 Å². The van der Waals surface area contributed by atoms with E-state index in [4.69, 9.17) is 0 Å². The normalized spacial score (nSPS) is 17.6. The molecule has 0 spiro atoms. The van der Waals surface area contributed by atoms with E-state index in [2.05, 4.69) is 10.3 Å². The summed E-state index contributed by atoms with van der Waals surface area (Å²) in [5.41, 5.74) is 1.62. The number of aromatic nitrogens is 1. The van der Waals surface area contributed by atoms with Crippen LogP contribution in [0, 0.1) is 18.6 Å². The van der Waals surface area contributed by atoms with Crippen LogP contribution >= 0.6 is 11.3 Å². The number of rotatable bonds is 5. The topological polar surface area (TPSA) is 85.9 Å². The number of nitrogens with one attached hydrogen (secondary N) is 1. The van der Waals surface area contributed by atoms with Gasteiger partial charge in [0.15, 0.2) is 9.34 Å². The lowest BCUT2D eigenvalue weighted by Crippen LogP contribution is -2.49. The van der Waals surface area contributed by atoms with Crippen molar-refractivity contribution in [3.05, 3.63) is 59.8 Å². The van der Waals surface area contributed by atoms with Crippen molar-refractivity contribution in [2.75, 3.05) is 49.1 Å². The minimum atomic E-state index is -3.69. The number of anilines is 2. The van der Waals surface area contributed by atoms with Crippen LogP contribution in [-0.2, 0) is 10.0 Å². The summed E-state index contributed by atoms with van der Waals surface area (Å²) in [6, 6.07) is 9.63. The van der Waals surface area contributed by atoms with E-state index in [0.29, 0.717) is 67.8 Å². The molecule has 190 valence electrons. The average molecular weight is 534 g/mol. The highest BCUT2D eigenvalue weighted by Gasteiger charge is 2.34. The lowest BCUT2D eigenvalue weighted by atomic mass is 10.0. The van der Waals surface area contributed by atoms with Crippen molar-refractivity contribution in [3.8, 4) is 11.1 Å². The first-order chi connectivity index (χ1) is 17.3. The zero-order chi connectivity index (χ0) is 25.4. The van der Waals surface area contributed by atoms with Crippen molar-refractivity contribution in [2.24, 2.45) is 0 Å². The Labute approximate surface area is 212 Å². The maximum absolute atomic E-state index is 14.2. The van der Waals surface area contributed by atoms with Crippen LogP contribution in [0.4, 0.5) is 24.4 Å². The van der Waals surface area contributed by atoms with E-state index in [1.807, 2.05) is 0 Å². The van der Waals surface area contributed by atoms with Crippen LogP contribution in [0.5, 0.6) is 0 Å². The third-order valence-electron chi connectivity index (χ3n) is 6.27. The second-order valence-electron chi connectivity index (χ2n) is 8.63. The van der Waals surface area contributed by atoms with Crippen LogP contribution in [0.15, 0.2) is 46.7 Å². The number of aryl methyl sites for hydroxylation is 1. The SMILES string of the molecule is Cc1nc(N2CCCN(c3ccc(-c4cc(F)ccc4F)cc3)C2=O)sc1S(=O)(=O)N1CCNCC1. The van der Waals surface area contributed by atoms with Crippen LogP contribution < -0.4 is 15.1 Å². The molecule has 2 aliphatic rings. The highest BCUT2D eigenvalue weighted by Crippen LogP contribution is 2.35. The molecule has 12 heteroatoms. The third-order valence-corrected chi connectivity index (χ3v) is 9.93. The number of thiazole rings is 1. The molecule has 0 atom stereocenters. The number of urea groups is 1. The Morgan fingerprint density at radius 1 is 0.972 bits per heavy atom. The smallest absolute Gasteiger partial charge is 0.314 e. The number of nitrogens with zero attached hydrogens (tertiary/aromatic N) is 4. The van der Waals surface area contributed by atoms with E-state index < -0.39 is 21.7 Å². The van der Waals surface area contributed by atoms with Crippen LogP contribution in [0.1, 0.15) is 12.1 Å². The summed E-state index contributed by atoms with van der Waals surface area (Å²) in [6.07, 6.45) is 0.657. The van der Waals surface area contributed by atoms with Gasteiger partial charge in [0.2, 0.25) is 0 Å². The molecule has 0 unspecified atom stereocenters. The van der Waals surface area contributed by atoms with Gasteiger partial charge in [-0.25, -0.2) is 27.0 Å². The number of sulfonamides is 1. The minimum Gasteiger partial charge on any atom is -0.314 e. The van der Waals surface area contributed by atoms with Gasteiger partial charge in [0.25, 0.3) is 10.0 Å². The van der Waals surface area contributed by atoms with Gasteiger partial charge in [-0.3, -0.25) is 9.80 Å². The molecule has 8 nitrogen and oxygen atoms in total. The number of amides is 2. The van der Waals surface area contributed by atoms with Crippen LogP contribution in [-0.4, -0.2) is 63.0 Å². The number of hydrogen-bond donors (Lipinski definition) is 1. The molecular formula is C24H25F2N5O3S2. The van der Waals surface area contributed by atoms with Crippen LogP contribution in [0.25, 0.3) is 11.1 Å². The third kappa shape index (κ3) is 4.61. The molecule has 5 rings (SSSR count). The number of halogens is 2. The van der Waals surface area contributed by atoms with Gasteiger partial charge in [-0.2, -0.15) is 4.31 Å². The zero-order valence-electron chi connectivity index (χ0n) is 19.6. The average Bonchev–Trinajstić information content (AvgIpc) is 3.28. The molecule has 2 aromatic carbocycles. The van der Waals surface area contributed by atoms with E-state index in [9.17, 15) is 22.0 Å². The number of carbonyl (C=O) groups excluding carboxylic acids is 1. The first-order valence-corrected chi connectivity index (χ1v) is 13.8. The maximum Gasteiger partial charge on any atom is 0.330 e. The molecule has 3 aromatic rings. The second kappa shape index (κ2) is 9.85. The summed E-state index contributed by atoms with van der Waals surface area (Å²) in [5.74, 6) is -1.07. The fourth-order valence-electron chi connectivity index (χ4n) is 4.41. The lowest BCUT2D eigenvalue weighted by molar-refractivity contribution is 0.248.